The molecule has 3 rings (SSSR count). The Morgan fingerprint density at radius 2 is 1.89 bits per heavy atom. The van der Waals surface area contributed by atoms with Gasteiger partial charge >= 0.3 is 12.1 Å². The van der Waals surface area contributed by atoms with Gasteiger partial charge in [0.05, 0.1) is 18.4 Å². The fourth-order valence-electron chi connectivity index (χ4n) is 4.41. The van der Waals surface area contributed by atoms with Crippen LogP contribution in [0.15, 0.2) is 23.4 Å². The molecule has 0 spiro atoms. The molecule has 0 unspecified atom stereocenters. The van der Waals surface area contributed by atoms with E-state index < -0.39 is 0 Å². The summed E-state index contributed by atoms with van der Waals surface area (Å²) < 4.78 is 25.2. The van der Waals surface area contributed by atoms with E-state index in [1.54, 1.807) is 17.0 Å². The highest BCUT2D eigenvalue weighted by Gasteiger charge is 2.26. The molecule has 1 saturated carbocycles. The highest BCUT2D eigenvalue weighted by Crippen LogP contribution is 2.34. The fraction of sp³-hybridized carbons (Fsp3) is 0.654. The van der Waals surface area contributed by atoms with Crippen LogP contribution in [0.1, 0.15) is 70.8 Å². The molecule has 9 nitrogen and oxygen atoms in total. The van der Waals surface area contributed by atoms with Crippen LogP contribution in [0.2, 0.25) is 0 Å². The summed E-state index contributed by atoms with van der Waals surface area (Å²) in [5, 5.41) is 9.71. The molecule has 36 heavy (non-hydrogen) atoms. The molecule has 0 radical (unpaired) electrons. The summed E-state index contributed by atoms with van der Waals surface area (Å²) in [6, 6.07) is 4.47. The van der Waals surface area contributed by atoms with Gasteiger partial charge in [-0.1, -0.05) is 11.2 Å². The number of nitrogens with one attached hydrogen (secondary N) is 2. The molecule has 0 aromatic heterocycles. The van der Waals surface area contributed by atoms with Crippen molar-refractivity contribution in [3.63, 3.8) is 0 Å². The van der Waals surface area contributed by atoms with Crippen molar-refractivity contribution in [3.8, 4) is 0 Å². The normalized spacial score (nSPS) is 18.6. The summed E-state index contributed by atoms with van der Waals surface area (Å²) in [5.41, 5.74) is 2.08. The minimum absolute atomic E-state index is 0.00724. The first kappa shape index (κ1) is 27.7. The van der Waals surface area contributed by atoms with Gasteiger partial charge in [0.25, 0.3) is 0 Å². The predicted molar refractivity (Wildman–Crippen MR) is 136 cm³/mol. The number of amides is 3. The van der Waals surface area contributed by atoms with Crippen molar-refractivity contribution >= 4 is 23.5 Å². The number of oxime groups is 1. The average molecular weight is 507 g/mol. The molecule has 1 aromatic carbocycles. The van der Waals surface area contributed by atoms with E-state index in [9.17, 15) is 14.0 Å². The third-order valence-electron chi connectivity index (χ3n) is 6.36. The van der Waals surface area contributed by atoms with Crippen LogP contribution in [0.4, 0.5) is 19.7 Å². The SMILES string of the molecule is CCOCCNC(=O)Nc1ccc(C2CCC(=NOC3CCN(C(=O)OC(C)C)CC3)CC2)c(F)c1. The second-order valence-corrected chi connectivity index (χ2v) is 9.47. The smallest absolute Gasteiger partial charge is 0.410 e. The van der Waals surface area contributed by atoms with E-state index in [-0.39, 0.29) is 36.1 Å². The number of carbonyl (C=O) groups excluding carboxylic acids is 2. The zero-order chi connectivity index (χ0) is 25.9. The molecular weight excluding hydrogens is 467 g/mol. The summed E-state index contributed by atoms with van der Waals surface area (Å²) in [6.45, 7) is 8.18. The van der Waals surface area contributed by atoms with E-state index in [1.165, 1.54) is 6.07 Å². The summed E-state index contributed by atoms with van der Waals surface area (Å²) in [4.78, 5) is 31.4. The number of benzene rings is 1. The molecule has 200 valence electrons. The maximum atomic E-state index is 14.8. The lowest BCUT2D eigenvalue weighted by Crippen LogP contribution is -2.41. The lowest BCUT2D eigenvalue weighted by Gasteiger charge is -2.31. The number of halogens is 1. The largest absolute Gasteiger partial charge is 0.447 e. The molecule has 2 fully saturated rings. The average Bonchev–Trinajstić information content (AvgIpc) is 2.86. The van der Waals surface area contributed by atoms with Gasteiger partial charge in [-0.3, -0.25) is 0 Å². The van der Waals surface area contributed by atoms with Crippen molar-refractivity contribution in [1.82, 2.24) is 10.2 Å². The van der Waals surface area contributed by atoms with Crippen molar-refractivity contribution in [1.29, 1.82) is 0 Å². The number of hydrogen-bond acceptors (Lipinski definition) is 6. The number of rotatable bonds is 9. The van der Waals surface area contributed by atoms with Crippen LogP contribution in [0.3, 0.4) is 0 Å². The number of nitrogens with zero attached hydrogens (tertiary/aromatic N) is 2. The van der Waals surface area contributed by atoms with E-state index in [0.29, 0.717) is 44.1 Å². The Bertz CT molecular complexity index is 892. The van der Waals surface area contributed by atoms with Crippen LogP contribution in [-0.4, -0.2) is 67.8 Å². The first-order valence-corrected chi connectivity index (χ1v) is 12.9. The van der Waals surface area contributed by atoms with Gasteiger partial charge in [0, 0.05) is 44.8 Å². The van der Waals surface area contributed by atoms with Crippen molar-refractivity contribution in [2.45, 2.75) is 77.4 Å². The van der Waals surface area contributed by atoms with E-state index >= 15 is 0 Å². The third-order valence-corrected chi connectivity index (χ3v) is 6.36. The van der Waals surface area contributed by atoms with Crippen molar-refractivity contribution in [2.24, 2.45) is 5.16 Å². The minimum Gasteiger partial charge on any atom is -0.447 e. The Kier molecular flexibility index (Phi) is 10.8. The van der Waals surface area contributed by atoms with Gasteiger partial charge in [-0.25, -0.2) is 14.0 Å². The maximum Gasteiger partial charge on any atom is 0.410 e. The Morgan fingerprint density at radius 3 is 2.53 bits per heavy atom. The Balaban J connectivity index is 1.40. The van der Waals surface area contributed by atoms with Crippen molar-refractivity contribution in [2.75, 3.05) is 38.2 Å². The van der Waals surface area contributed by atoms with E-state index in [1.807, 2.05) is 20.8 Å². The number of anilines is 1. The van der Waals surface area contributed by atoms with Gasteiger partial charge in [-0.05, 0) is 70.1 Å². The fourth-order valence-corrected chi connectivity index (χ4v) is 4.41. The number of carbonyl (C=O) groups is 2. The van der Waals surface area contributed by atoms with Crippen LogP contribution < -0.4 is 10.6 Å². The first-order valence-electron chi connectivity index (χ1n) is 12.9. The highest BCUT2D eigenvalue weighted by atomic mass is 19.1. The van der Waals surface area contributed by atoms with Gasteiger partial charge in [-0.2, -0.15) is 0 Å². The van der Waals surface area contributed by atoms with E-state index in [4.69, 9.17) is 14.3 Å². The van der Waals surface area contributed by atoms with Crippen LogP contribution in [-0.2, 0) is 14.3 Å². The van der Waals surface area contributed by atoms with Gasteiger partial charge < -0.3 is 29.8 Å². The Hall–Kier alpha value is -2.88. The van der Waals surface area contributed by atoms with Crippen LogP contribution in [0, 0.1) is 5.82 Å². The summed E-state index contributed by atoms with van der Waals surface area (Å²) in [6.07, 6.45) is 4.14. The lowest BCUT2D eigenvalue weighted by atomic mass is 9.83. The predicted octanol–water partition coefficient (Wildman–Crippen LogP) is 5.02. The van der Waals surface area contributed by atoms with E-state index in [2.05, 4.69) is 15.8 Å². The second-order valence-electron chi connectivity index (χ2n) is 9.47. The maximum absolute atomic E-state index is 14.8. The van der Waals surface area contributed by atoms with Crippen LogP contribution >= 0.6 is 0 Å². The molecule has 1 saturated heterocycles. The summed E-state index contributed by atoms with van der Waals surface area (Å²) in [7, 11) is 0. The monoisotopic (exact) mass is 506 g/mol. The van der Waals surface area contributed by atoms with Gasteiger partial charge in [0.1, 0.15) is 11.9 Å². The molecule has 2 N–H and O–H groups in total. The number of likely N-dealkylation sites (tertiary alicyclic amines) is 1. The third kappa shape index (κ3) is 8.65. The Labute approximate surface area is 212 Å². The molecule has 1 aromatic rings. The molecule has 3 amide bonds. The molecule has 0 atom stereocenters. The van der Waals surface area contributed by atoms with Gasteiger partial charge in [0.2, 0.25) is 0 Å². The van der Waals surface area contributed by atoms with Gasteiger partial charge in [0.15, 0.2) is 0 Å². The highest BCUT2D eigenvalue weighted by molar-refractivity contribution is 5.89. The lowest BCUT2D eigenvalue weighted by molar-refractivity contribution is 0.00403. The molecule has 10 heteroatoms. The molecule has 2 aliphatic rings. The summed E-state index contributed by atoms with van der Waals surface area (Å²) in [5.74, 6) is -0.209. The van der Waals surface area contributed by atoms with Crippen LogP contribution in [0.25, 0.3) is 0 Å². The summed E-state index contributed by atoms with van der Waals surface area (Å²) >= 11 is 0. The second kappa shape index (κ2) is 14.0. The minimum atomic E-state index is -0.387. The zero-order valence-corrected chi connectivity index (χ0v) is 21.6. The first-order chi connectivity index (χ1) is 17.4. The molecular formula is C26H39FN4O5. The van der Waals surface area contributed by atoms with Gasteiger partial charge in [-0.15, -0.1) is 0 Å². The Morgan fingerprint density at radius 1 is 1.17 bits per heavy atom. The topological polar surface area (TPSA) is 101 Å². The standard InChI is InChI=1S/C26H39FN4O5/c1-4-34-16-13-28-25(32)29-21-9-10-23(24(27)17-21)19-5-7-20(8-6-19)30-36-22-11-14-31(15-12-22)26(33)35-18(2)3/h9-10,17-19,22H,4-8,11-16H2,1-3H3,(H2,28,29,32). The molecule has 0 bridgehead atoms. The molecule has 1 heterocycles. The molecule has 1 aliphatic heterocycles. The van der Waals surface area contributed by atoms with E-state index in [0.717, 1.165) is 44.2 Å². The van der Waals surface area contributed by atoms with Crippen LogP contribution in [0.5, 0.6) is 0 Å². The number of piperidine rings is 1. The quantitative estimate of drug-likeness (QED) is 0.362. The number of urea groups is 1. The number of hydrogen-bond donors (Lipinski definition) is 2. The number of ether oxygens (including phenoxy) is 2. The van der Waals surface area contributed by atoms with Crippen molar-refractivity contribution < 1.29 is 28.3 Å². The van der Waals surface area contributed by atoms with Crippen molar-refractivity contribution in [3.05, 3.63) is 29.6 Å². The molecule has 1 aliphatic carbocycles. The zero-order valence-electron chi connectivity index (χ0n) is 21.6.